The number of carbonyl (C=O) groups excluding carboxylic acids is 2. The second kappa shape index (κ2) is 6.43. The van der Waals surface area contributed by atoms with Crippen molar-refractivity contribution < 1.29 is 14.0 Å². The Morgan fingerprint density at radius 1 is 1.30 bits per heavy atom. The number of carbonyl (C=O) groups is 2. The molecule has 2 unspecified atom stereocenters. The van der Waals surface area contributed by atoms with Crippen LogP contribution >= 0.6 is 0 Å². The molecule has 23 heavy (non-hydrogen) atoms. The van der Waals surface area contributed by atoms with E-state index in [4.69, 9.17) is 4.42 Å². The molecular weight excluding hydrogens is 296 g/mol. The number of aromatic nitrogens is 2. The summed E-state index contributed by atoms with van der Waals surface area (Å²) >= 11 is 0. The van der Waals surface area contributed by atoms with Crippen molar-refractivity contribution in [3.63, 3.8) is 0 Å². The highest BCUT2D eigenvalue weighted by Gasteiger charge is 2.36. The van der Waals surface area contributed by atoms with Gasteiger partial charge < -0.3 is 4.42 Å². The van der Waals surface area contributed by atoms with E-state index in [2.05, 4.69) is 27.7 Å². The van der Waals surface area contributed by atoms with Crippen LogP contribution in [0.5, 0.6) is 0 Å². The van der Waals surface area contributed by atoms with E-state index in [0.29, 0.717) is 17.6 Å². The lowest BCUT2D eigenvalue weighted by molar-refractivity contribution is -0.117. The molecule has 2 aromatic heterocycles. The SMILES string of the molecule is CC1CC1c1ccc(C=CC(=O)NNC(=O)c2cnccn2)o1. The van der Waals surface area contributed by atoms with Gasteiger partial charge in [0.15, 0.2) is 0 Å². The predicted molar refractivity (Wildman–Crippen MR) is 81.9 cm³/mol. The summed E-state index contributed by atoms with van der Waals surface area (Å²) in [5.41, 5.74) is 4.63. The van der Waals surface area contributed by atoms with Crippen LogP contribution in [-0.2, 0) is 4.79 Å². The van der Waals surface area contributed by atoms with Crippen molar-refractivity contribution in [3.05, 3.63) is 54.0 Å². The van der Waals surface area contributed by atoms with Crippen LogP contribution in [0.3, 0.4) is 0 Å². The number of amides is 2. The van der Waals surface area contributed by atoms with Gasteiger partial charge >= 0.3 is 0 Å². The van der Waals surface area contributed by atoms with Gasteiger partial charge in [0.2, 0.25) is 0 Å². The summed E-state index contributed by atoms with van der Waals surface area (Å²) in [5, 5.41) is 0. The number of nitrogens with one attached hydrogen (secondary N) is 2. The van der Waals surface area contributed by atoms with Crippen molar-refractivity contribution >= 4 is 17.9 Å². The summed E-state index contributed by atoms with van der Waals surface area (Å²) in [6.45, 7) is 2.18. The molecule has 0 saturated heterocycles. The number of nitrogens with zero attached hydrogens (tertiary/aromatic N) is 2. The number of rotatable bonds is 4. The predicted octanol–water partition coefficient (Wildman–Crippen LogP) is 1.67. The monoisotopic (exact) mass is 312 g/mol. The fraction of sp³-hybridized carbons (Fsp3) is 0.250. The first kappa shape index (κ1) is 15.0. The van der Waals surface area contributed by atoms with Gasteiger partial charge in [-0.1, -0.05) is 6.92 Å². The fourth-order valence-corrected chi connectivity index (χ4v) is 2.17. The van der Waals surface area contributed by atoms with E-state index in [1.807, 2.05) is 12.1 Å². The Morgan fingerprint density at radius 2 is 2.13 bits per heavy atom. The van der Waals surface area contributed by atoms with Crippen molar-refractivity contribution in [2.45, 2.75) is 19.3 Å². The second-order valence-electron chi connectivity index (χ2n) is 5.43. The van der Waals surface area contributed by atoms with Gasteiger partial charge in [-0.2, -0.15) is 0 Å². The minimum atomic E-state index is -0.539. The van der Waals surface area contributed by atoms with E-state index in [0.717, 1.165) is 12.2 Å². The smallest absolute Gasteiger partial charge is 0.289 e. The number of furan rings is 1. The van der Waals surface area contributed by atoms with E-state index in [1.54, 1.807) is 6.08 Å². The summed E-state index contributed by atoms with van der Waals surface area (Å²) < 4.78 is 5.65. The molecule has 0 bridgehead atoms. The average Bonchev–Trinajstić information content (AvgIpc) is 3.12. The molecule has 0 aliphatic heterocycles. The largest absolute Gasteiger partial charge is 0.461 e. The minimum Gasteiger partial charge on any atom is -0.461 e. The number of hydrazine groups is 1. The zero-order chi connectivity index (χ0) is 16.2. The maximum absolute atomic E-state index is 11.7. The van der Waals surface area contributed by atoms with Gasteiger partial charge in [-0.15, -0.1) is 0 Å². The maximum Gasteiger partial charge on any atom is 0.289 e. The summed E-state index contributed by atoms with van der Waals surface area (Å²) in [4.78, 5) is 30.9. The molecule has 0 aromatic carbocycles. The van der Waals surface area contributed by atoms with Crippen molar-refractivity contribution in [2.75, 3.05) is 0 Å². The lowest BCUT2D eigenvalue weighted by Crippen LogP contribution is -2.41. The third kappa shape index (κ3) is 3.82. The number of hydrogen-bond donors (Lipinski definition) is 2. The third-order valence-electron chi connectivity index (χ3n) is 3.62. The lowest BCUT2D eigenvalue weighted by atomic mass is 10.3. The normalized spacial score (nSPS) is 19.5. The van der Waals surface area contributed by atoms with Gasteiger partial charge in [0.05, 0.1) is 6.20 Å². The Kier molecular flexibility index (Phi) is 4.18. The van der Waals surface area contributed by atoms with E-state index in [-0.39, 0.29) is 5.69 Å². The van der Waals surface area contributed by atoms with Gasteiger partial charge in [0, 0.05) is 24.4 Å². The van der Waals surface area contributed by atoms with Gasteiger partial charge in [0.25, 0.3) is 11.8 Å². The molecule has 0 radical (unpaired) electrons. The van der Waals surface area contributed by atoms with Crippen LogP contribution < -0.4 is 10.9 Å². The molecule has 1 aliphatic carbocycles. The molecule has 3 rings (SSSR count). The van der Waals surface area contributed by atoms with Crippen molar-refractivity contribution in [2.24, 2.45) is 5.92 Å². The summed E-state index contributed by atoms with van der Waals surface area (Å²) in [6, 6.07) is 3.75. The Balaban J connectivity index is 1.49. The zero-order valence-corrected chi connectivity index (χ0v) is 12.5. The van der Waals surface area contributed by atoms with Gasteiger partial charge in [-0.05, 0) is 30.5 Å². The molecule has 1 aliphatic rings. The van der Waals surface area contributed by atoms with Crippen LogP contribution in [0, 0.1) is 5.92 Å². The summed E-state index contributed by atoms with van der Waals surface area (Å²) in [7, 11) is 0. The van der Waals surface area contributed by atoms with Crippen molar-refractivity contribution in [3.8, 4) is 0 Å². The molecule has 2 aromatic rings. The van der Waals surface area contributed by atoms with E-state index in [9.17, 15) is 9.59 Å². The molecular formula is C16H16N4O3. The average molecular weight is 312 g/mol. The lowest BCUT2D eigenvalue weighted by Gasteiger charge is -2.03. The van der Waals surface area contributed by atoms with Crippen LogP contribution in [-0.4, -0.2) is 21.8 Å². The molecule has 2 atom stereocenters. The molecule has 2 amide bonds. The maximum atomic E-state index is 11.7. The zero-order valence-electron chi connectivity index (χ0n) is 12.5. The Bertz CT molecular complexity index is 739. The Labute approximate surface area is 132 Å². The van der Waals surface area contributed by atoms with Crippen LogP contribution in [0.1, 0.15) is 41.3 Å². The van der Waals surface area contributed by atoms with Crippen LogP contribution in [0.2, 0.25) is 0 Å². The standard InChI is InChI=1S/C16H16N4O3/c1-10-8-12(10)14-4-2-11(23-14)3-5-15(21)19-20-16(22)13-9-17-6-7-18-13/h2-7,9-10,12H,8H2,1H3,(H,19,21)(H,20,22). The first-order valence-corrected chi connectivity index (χ1v) is 7.27. The van der Waals surface area contributed by atoms with E-state index in [1.165, 1.54) is 24.7 Å². The number of hydrogen-bond acceptors (Lipinski definition) is 5. The summed E-state index contributed by atoms with van der Waals surface area (Å²) in [5.74, 6) is 1.71. The molecule has 7 nitrogen and oxygen atoms in total. The first-order chi connectivity index (χ1) is 11.1. The van der Waals surface area contributed by atoms with Crippen LogP contribution in [0.15, 0.2) is 41.2 Å². The van der Waals surface area contributed by atoms with Crippen molar-refractivity contribution in [1.29, 1.82) is 0 Å². The molecule has 1 saturated carbocycles. The van der Waals surface area contributed by atoms with Crippen LogP contribution in [0.4, 0.5) is 0 Å². The quantitative estimate of drug-likeness (QED) is 0.661. The fourth-order valence-electron chi connectivity index (χ4n) is 2.17. The molecule has 7 heteroatoms. The van der Waals surface area contributed by atoms with Gasteiger partial charge in [0.1, 0.15) is 17.2 Å². The van der Waals surface area contributed by atoms with Crippen molar-refractivity contribution in [1.82, 2.24) is 20.8 Å². The third-order valence-corrected chi connectivity index (χ3v) is 3.62. The first-order valence-electron chi connectivity index (χ1n) is 7.27. The summed E-state index contributed by atoms with van der Waals surface area (Å²) in [6.07, 6.45) is 8.15. The second-order valence-corrected chi connectivity index (χ2v) is 5.43. The Hall–Kier alpha value is -2.96. The topological polar surface area (TPSA) is 97.1 Å². The molecule has 118 valence electrons. The minimum absolute atomic E-state index is 0.117. The highest BCUT2D eigenvalue weighted by Crippen LogP contribution is 2.47. The highest BCUT2D eigenvalue weighted by molar-refractivity contribution is 5.96. The molecule has 2 N–H and O–H groups in total. The molecule has 1 fully saturated rings. The van der Waals surface area contributed by atoms with E-state index < -0.39 is 11.8 Å². The van der Waals surface area contributed by atoms with E-state index >= 15 is 0 Å². The van der Waals surface area contributed by atoms with Crippen LogP contribution in [0.25, 0.3) is 6.08 Å². The van der Waals surface area contributed by atoms with Gasteiger partial charge in [-0.25, -0.2) is 4.98 Å². The van der Waals surface area contributed by atoms with Gasteiger partial charge in [-0.3, -0.25) is 25.4 Å². The molecule has 2 heterocycles. The Morgan fingerprint density at radius 3 is 2.83 bits per heavy atom. The highest BCUT2D eigenvalue weighted by atomic mass is 16.3. The molecule has 0 spiro atoms.